The molecule has 0 saturated carbocycles. The predicted octanol–water partition coefficient (Wildman–Crippen LogP) is 3.99. The topological polar surface area (TPSA) is 44.5 Å². The Morgan fingerprint density at radius 2 is 1.89 bits per heavy atom. The highest BCUT2D eigenvalue weighted by Crippen LogP contribution is 2.39. The van der Waals surface area contributed by atoms with Crippen LogP contribution in [0.5, 0.6) is 11.5 Å². The number of nitrogens with zero attached hydrogens (tertiary/aromatic N) is 1. The molecule has 1 aromatic carbocycles. The monoisotopic (exact) mass is 263 g/mol. The van der Waals surface area contributed by atoms with E-state index in [1.807, 2.05) is 12.1 Å². The molecular formula is C15H21NO3. The lowest BCUT2D eigenvalue weighted by Crippen LogP contribution is -1.99. The molecular weight excluding hydrogens is 242 g/mol. The normalized spacial score (nSPS) is 12.9. The Morgan fingerprint density at radius 1 is 1.16 bits per heavy atom. The predicted molar refractivity (Wildman–Crippen MR) is 75.0 cm³/mol. The molecule has 2 aromatic rings. The molecule has 4 heteroatoms. The molecule has 0 bridgehead atoms. The van der Waals surface area contributed by atoms with E-state index in [9.17, 15) is 0 Å². The van der Waals surface area contributed by atoms with Gasteiger partial charge in [0.15, 0.2) is 5.75 Å². The molecule has 1 heterocycles. The van der Waals surface area contributed by atoms with Crippen LogP contribution in [-0.2, 0) is 0 Å². The van der Waals surface area contributed by atoms with Crippen LogP contribution in [0.4, 0.5) is 0 Å². The lowest BCUT2D eigenvalue weighted by molar-refractivity contribution is 0.346. The number of rotatable bonds is 5. The minimum absolute atomic E-state index is 0.361. The van der Waals surface area contributed by atoms with E-state index in [0.717, 1.165) is 17.5 Å². The van der Waals surface area contributed by atoms with E-state index in [1.54, 1.807) is 14.2 Å². The van der Waals surface area contributed by atoms with Crippen molar-refractivity contribution >= 4 is 11.0 Å². The molecule has 0 fully saturated rings. The van der Waals surface area contributed by atoms with Crippen LogP contribution >= 0.6 is 0 Å². The Bertz CT molecular complexity index is 560. The van der Waals surface area contributed by atoms with E-state index < -0.39 is 0 Å². The highest BCUT2D eigenvalue weighted by Gasteiger charge is 2.20. The van der Waals surface area contributed by atoms with Gasteiger partial charge in [0.1, 0.15) is 0 Å². The summed E-state index contributed by atoms with van der Waals surface area (Å²) in [6.45, 7) is 6.60. The van der Waals surface area contributed by atoms with Gasteiger partial charge in [-0.25, -0.2) is 0 Å². The highest BCUT2D eigenvalue weighted by molar-refractivity contribution is 5.87. The Hall–Kier alpha value is -1.71. The van der Waals surface area contributed by atoms with Crippen LogP contribution in [0.15, 0.2) is 16.7 Å². The Kier molecular flexibility index (Phi) is 3.98. The minimum Gasteiger partial charge on any atom is -0.493 e. The molecule has 0 N–H and O–H groups in total. The van der Waals surface area contributed by atoms with Crippen molar-refractivity contribution in [3.05, 3.63) is 17.8 Å². The van der Waals surface area contributed by atoms with Gasteiger partial charge in [0.05, 0.1) is 19.9 Å². The van der Waals surface area contributed by atoms with Crippen molar-refractivity contribution < 1.29 is 14.0 Å². The van der Waals surface area contributed by atoms with Crippen LogP contribution in [0.1, 0.15) is 38.8 Å². The van der Waals surface area contributed by atoms with Gasteiger partial charge in [0.25, 0.3) is 0 Å². The number of fused-ring (bicyclic) bond motifs is 1. The first-order valence-corrected chi connectivity index (χ1v) is 6.58. The summed E-state index contributed by atoms with van der Waals surface area (Å²) in [4.78, 5) is 0. The van der Waals surface area contributed by atoms with Gasteiger partial charge < -0.3 is 14.0 Å². The van der Waals surface area contributed by atoms with E-state index in [2.05, 4.69) is 25.9 Å². The van der Waals surface area contributed by atoms with Gasteiger partial charge in [-0.2, -0.15) is 0 Å². The van der Waals surface area contributed by atoms with Gasteiger partial charge in [0, 0.05) is 11.3 Å². The fourth-order valence-corrected chi connectivity index (χ4v) is 2.51. The molecule has 0 aliphatic carbocycles. The van der Waals surface area contributed by atoms with E-state index in [0.29, 0.717) is 28.9 Å². The van der Waals surface area contributed by atoms with E-state index in [1.165, 1.54) is 0 Å². The van der Waals surface area contributed by atoms with Crippen molar-refractivity contribution in [2.45, 2.75) is 33.1 Å². The van der Waals surface area contributed by atoms with Crippen molar-refractivity contribution in [1.82, 2.24) is 5.16 Å². The smallest absolute Gasteiger partial charge is 0.212 e. The van der Waals surface area contributed by atoms with Crippen LogP contribution < -0.4 is 9.47 Å². The third-order valence-electron chi connectivity index (χ3n) is 3.30. The summed E-state index contributed by atoms with van der Waals surface area (Å²) in [6.07, 6.45) is 1.08. The van der Waals surface area contributed by atoms with Gasteiger partial charge in [-0.05, 0) is 24.5 Å². The SMILES string of the molecule is COc1ccc2c(C(C)CC(C)C)noc2c1OC. The van der Waals surface area contributed by atoms with Crippen LogP contribution in [0.25, 0.3) is 11.0 Å². The van der Waals surface area contributed by atoms with Crippen molar-refractivity contribution in [3.63, 3.8) is 0 Å². The maximum atomic E-state index is 5.46. The first-order valence-electron chi connectivity index (χ1n) is 6.58. The van der Waals surface area contributed by atoms with Crippen LogP contribution in [0.2, 0.25) is 0 Å². The summed E-state index contributed by atoms with van der Waals surface area (Å²) < 4.78 is 16.1. The van der Waals surface area contributed by atoms with Crippen LogP contribution in [-0.4, -0.2) is 19.4 Å². The second-order valence-corrected chi connectivity index (χ2v) is 5.28. The molecule has 1 aromatic heterocycles. The number of hydrogen-bond donors (Lipinski definition) is 0. The molecule has 0 saturated heterocycles. The summed E-state index contributed by atoms with van der Waals surface area (Å²) in [6, 6.07) is 3.88. The van der Waals surface area contributed by atoms with Crippen molar-refractivity contribution in [2.75, 3.05) is 14.2 Å². The zero-order chi connectivity index (χ0) is 14.0. The zero-order valence-corrected chi connectivity index (χ0v) is 12.2. The molecule has 2 rings (SSSR count). The molecule has 1 atom stereocenters. The van der Waals surface area contributed by atoms with Gasteiger partial charge in [-0.3, -0.25) is 0 Å². The first kappa shape index (κ1) is 13.7. The maximum absolute atomic E-state index is 5.46. The Morgan fingerprint density at radius 3 is 2.47 bits per heavy atom. The fraction of sp³-hybridized carbons (Fsp3) is 0.533. The molecule has 104 valence electrons. The molecule has 0 radical (unpaired) electrons. The van der Waals surface area contributed by atoms with Crippen LogP contribution in [0, 0.1) is 5.92 Å². The standard InChI is InChI=1S/C15H21NO3/c1-9(2)8-10(3)13-11-6-7-12(17-4)15(18-5)14(11)19-16-13/h6-7,9-10H,8H2,1-5H3. The molecule has 1 unspecified atom stereocenters. The summed E-state index contributed by atoms with van der Waals surface area (Å²) in [5, 5.41) is 5.23. The van der Waals surface area contributed by atoms with Gasteiger partial charge >= 0.3 is 0 Å². The highest BCUT2D eigenvalue weighted by atomic mass is 16.5. The minimum atomic E-state index is 0.361. The van der Waals surface area contributed by atoms with E-state index in [4.69, 9.17) is 14.0 Å². The Labute approximate surface area is 113 Å². The summed E-state index contributed by atoms with van der Waals surface area (Å²) in [5.74, 6) is 2.26. The molecule has 0 aliphatic rings. The maximum Gasteiger partial charge on any atom is 0.212 e. The van der Waals surface area contributed by atoms with Crippen molar-refractivity contribution in [3.8, 4) is 11.5 Å². The molecule has 0 spiro atoms. The number of benzene rings is 1. The average Bonchev–Trinajstić information content (AvgIpc) is 2.80. The summed E-state index contributed by atoms with van der Waals surface area (Å²) in [5.41, 5.74) is 1.65. The number of aromatic nitrogens is 1. The number of methoxy groups -OCH3 is 2. The second-order valence-electron chi connectivity index (χ2n) is 5.28. The molecule has 0 aliphatic heterocycles. The second kappa shape index (κ2) is 5.51. The lowest BCUT2D eigenvalue weighted by atomic mass is 9.94. The lowest BCUT2D eigenvalue weighted by Gasteiger charge is -2.11. The molecule has 19 heavy (non-hydrogen) atoms. The quantitative estimate of drug-likeness (QED) is 0.818. The molecule has 0 amide bonds. The third kappa shape index (κ3) is 2.53. The first-order chi connectivity index (χ1) is 9.08. The van der Waals surface area contributed by atoms with E-state index in [-0.39, 0.29) is 0 Å². The summed E-state index contributed by atoms with van der Waals surface area (Å²) in [7, 11) is 3.22. The fourth-order valence-electron chi connectivity index (χ4n) is 2.51. The van der Waals surface area contributed by atoms with Gasteiger partial charge in [-0.1, -0.05) is 25.9 Å². The molecule has 4 nitrogen and oxygen atoms in total. The average molecular weight is 263 g/mol. The van der Waals surface area contributed by atoms with Crippen molar-refractivity contribution in [1.29, 1.82) is 0 Å². The zero-order valence-electron chi connectivity index (χ0n) is 12.2. The summed E-state index contributed by atoms with van der Waals surface area (Å²) >= 11 is 0. The third-order valence-corrected chi connectivity index (χ3v) is 3.30. The Balaban J connectivity index is 2.49. The van der Waals surface area contributed by atoms with E-state index >= 15 is 0 Å². The van der Waals surface area contributed by atoms with Crippen LogP contribution in [0.3, 0.4) is 0 Å². The van der Waals surface area contributed by atoms with Gasteiger partial charge in [-0.15, -0.1) is 0 Å². The van der Waals surface area contributed by atoms with Gasteiger partial charge in [0.2, 0.25) is 11.3 Å². The van der Waals surface area contributed by atoms with Crippen molar-refractivity contribution in [2.24, 2.45) is 5.92 Å². The number of ether oxygens (including phenoxy) is 2. The largest absolute Gasteiger partial charge is 0.493 e. The number of hydrogen-bond acceptors (Lipinski definition) is 4.